The van der Waals surface area contributed by atoms with E-state index < -0.39 is 11.7 Å². The van der Waals surface area contributed by atoms with Gasteiger partial charge >= 0.3 is 6.18 Å². The predicted molar refractivity (Wildman–Crippen MR) is 101 cm³/mol. The molecule has 0 aliphatic carbocycles. The Balaban J connectivity index is 1.56. The van der Waals surface area contributed by atoms with Crippen molar-refractivity contribution in [1.29, 1.82) is 0 Å². The number of alkyl halides is 3. The van der Waals surface area contributed by atoms with Crippen LogP contribution in [0.3, 0.4) is 0 Å². The number of carbonyl (C=O) groups excluding carboxylic acids is 2. The van der Waals surface area contributed by atoms with Crippen molar-refractivity contribution >= 4 is 11.8 Å². The first-order valence-electron chi connectivity index (χ1n) is 9.16. The second-order valence-electron chi connectivity index (χ2n) is 6.74. The molecule has 5 nitrogen and oxygen atoms in total. The van der Waals surface area contributed by atoms with Crippen molar-refractivity contribution in [3.63, 3.8) is 0 Å². The van der Waals surface area contributed by atoms with Crippen LogP contribution in [0.25, 0.3) is 0 Å². The van der Waals surface area contributed by atoms with E-state index in [-0.39, 0.29) is 18.2 Å². The Hall–Kier alpha value is -3.03. The summed E-state index contributed by atoms with van der Waals surface area (Å²) in [4.78, 5) is 28.5. The molecule has 2 amide bonds. The molecule has 0 bridgehead atoms. The van der Waals surface area contributed by atoms with E-state index in [2.05, 4.69) is 0 Å². The fourth-order valence-electron chi connectivity index (χ4n) is 3.25. The first-order chi connectivity index (χ1) is 13.8. The minimum absolute atomic E-state index is 0.0264. The number of nitrogens with zero attached hydrogens (tertiary/aromatic N) is 2. The minimum Gasteiger partial charge on any atom is -0.496 e. The third-order valence-corrected chi connectivity index (χ3v) is 4.89. The molecule has 0 aromatic heterocycles. The molecule has 0 radical (unpaired) electrons. The van der Waals surface area contributed by atoms with Crippen LogP contribution in [0.4, 0.5) is 13.2 Å². The summed E-state index contributed by atoms with van der Waals surface area (Å²) in [6.07, 6.45) is -4.37. The molecule has 154 valence electrons. The van der Waals surface area contributed by atoms with Crippen molar-refractivity contribution < 1.29 is 27.5 Å². The molecule has 0 N–H and O–H groups in total. The summed E-state index contributed by atoms with van der Waals surface area (Å²) in [7, 11) is 1.50. The van der Waals surface area contributed by atoms with Crippen molar-refractivity contribution in [2.45, 2.75) is 12.6 Å². The van der Waals surface area contributed by atoms with Crippen molar-refractivity contribution in [2.75, 3.05) is 33.3 Å². The minimum atomic E-state index is -4.40. The van der Waals surface area contributed by atoms with Gasteiger partial charge < -0.3 is 14.5 Å². The quantitative estimate of drug-likeness (QED) is 0.783. The zero-order chi connectivity index (χ0) is 21.0. The fourth-order valence-corrected chi connectivity index (χ4v) is 3.25. The van der Waals surface area contributed by atoms with Crippen LogP contribution in [0.1, 0.15) is 21.5 Å². The van der Waals surface area contributed by atoms with Gasteiger partial charge in [0.1, 0.15) is 5.75 Å². The van der Waals surface area contributed by atoms with Crippen LogP contribution in [-0.2, 0) is 17.4 Å². The number of rotatable bonds is 4. The monoisotopic (exact) mass is 406 g/mol. The first-order valence-corrected chi connectivity index (χ1v) is 9.16. The van der Waals surface area contributed by atoms with Gasteiger partial charge in [0.15, 0.2) is 0 Å². The number of ether oxygens (including phenoxy) is 1. The van der Waals surface area contributed by atoms with Gasteiger partial charge in [0.05, 0.1) is 24.7 Å². The highest BCUT2D eigenvalue weighted by Crippen LogP contribution is 2.29. The van der Waals surface area contributed by atoms with Gasteiger partial charge in [-0.15, -0.1) is 0 Å². The number of benzene rings is 2. The molecule has 0 spiro atoms. The van der Waals surface area contributed by atoms with E-state index in [1.165, 1.54) is 19.2 Å². The maximum Gasteiger partial charge on any atom is 0.416 e. The maximum atomic E-state index is 12.7. The number of piperazine rings is 1. The topological polar surface area (TPSA) is 49.9 Å². The number of para-hydroxylation sites is 1. The number of hydrogen-bond donors (Lipinski definition) is 0. The number of carbonyl (C=O) groups is 2. The smallest absolute Gasteiger partial charge is 0.416 e. The Morgan fingerprint density at radius 1 is 0.931 bits per heavy atom. The summed E-state index contributed by atoms with van der Waals surface area (Å²) in [5.74, 6) is 0.171. The maximum absolute atomic E-state index is 12.7. The molecule has 1 aliphatic heterocycles. The molecule has 29 heavy (non-hydrogen) atoms. The molecule has 2 aromatic rings. The molecular formula is C21H21F3N2O3. The molecule has 0 atom stereocenters. The highest BCUT2D eigenvalue weighted by molar-refractivity contribution is 5.97. The van der Waals surface area contributed by atoms with Gasteiger partial charge in [-0.1, -0.05) is 24.3 Å². The third kappa shape index (κ3) is 4.88. The number of halogens is 3. The van der Waals surface area contributed by atoms with E-state index in [1.54, 1.807) is 34.1 Å². The fraction of sp³-hybridized carbons (Fsp3) is 0.333. The van der Waals surface area contributed by atoms with Crippen LogP contribution in [0.2, 0.25) is 0 Å². The Labute approximate surface area is 166 Å². The lowest BCUT2D eigenvalue weighted by Crippen LogP contribution is -2.51. The summed E-state index contributed by atoms with van der Waals surface area (Å²) in [6.45, 7) is 1.52. The summed E-state index contributed by atoms with van der Waals surface area (Å²) < 4.78 is 43.1. The zero-order valence-electron chi connectivity index (χ0n) is 15.9. The van der Waals surface area contributed by atoms with Gasteiger partial charge in [-0.3, -0.25) is 9.59 Å². The van der Waals surface area contributed by atoms with Crippen LogP contribution in [0.15, 0.2) is 48.5 Å². The zero-order valence-corrected chi connectivity index (χ0v) is 15.9. The third-order valence-electron chi connectivity index (χ3n) is 4.89. The van der Waals surface area contributed by atoms with E-state index >= 15 is 0 Å². The van der Waals surface area contributed by atoms with Crippen LogP contribution < -0.4 is 4.74 Å². The predicted octanol–water partition coefficient (Wildman–Crippen LogP) is 3.24. The number of methoxy groups -OCH3 is 1. The molecule has 1 aliphatic rings. The molecule has 0 saturated carbocycles. The molecule has 2 aromatic carbocycles. The van der Waals surface area contributed by atoms with E-state index in [9.17, 15) is 22.8 Å². The van der Waals surface area contributed by atoms with Crippen LogP contribution in [-0.4, -0.2) is 54.9 Å². The van der Waals surface area contributed by atoms with Gasteiger partial charge in [-0.25, -0.2) is 0 Å². The van der Waals surface area contributed by atoms with Crippen molar-refractivity contribution in [3.05, 3.63) is 65.2 Å². The van der Waals surface area contributed by atoms with Gasteiger partial charge in [0, 0.05) is 26.2 Å². The Morgan fingerprint density at radius 2 is 1.52 bits per heavy atom. The van der Waals surface area contributed by atoms with Crippen molar-refractivity contribution in [3.8, 4) is 5.75 Å². The number of amides is 2. The lowest BCUT2D eigenvalue weighted by atomic mass is 10.1. The Bertz CT molecular complexity index is 873. The summed E-state index contributed by atoms with van der Waals surface area (Å²) in [5.41, 5.74) is 0.257. The highest BCUT2D eigenvalue weighted by Gasteiger charge is 2.30. The summed E-state index contributed by atoms with van der Waals surface area (Å²) in [6, 6.07) is 11.6. The average molecular weight is 406 g/mol. The molecule has 1 heterocycles. The van der Waals surface area contributed by atoms with Crippen molar-refractivity contribution in [1.82, 2.24) is 9.80 Å². The van der Waals surface area contributed by atoms with Crippen LogP contribution in [0, 0.1) is 0 Å². The second-order valence-corrected chi connectivity index (χ2v) is 6.74. The van der Waals surface area contributed by atoms with Crippen LogP contribution in [0.5, 0.6) is 5.75 Å². The first kappa shape index (κ1) is 20.7. The van der Waals surface area contributed by atoms with E-state index in [0.717, 1.165) is 12.1 Å². The summed E-state index contributed by atoms with van der Waals surface area (Å²) in [5, 5.41) is 0. The largest absolute Gasteiger partial charge is 0.496 e. The normalized spacial score (nSPS) is 14.6. The average Bonchev–Trinajstić information content (AvgIpc) is 2.73. The Morgan fingerprint density at radius 3 is 2.10 bits per heavy atom. The van der Waals surface area contributed by atoms with E-state index in [0.29, 0.717) is 43.1 Å². The van der Waals surface area contributed by atoms with Gasteiger partial charge in [-0.05, 0) is 29.8 Å². The van der Waals surface area contributed by atoms with Gasteiger partial charge in [-0.2, -0.15) is 13.2 Å². The number of hydrogen-bond acceptors (Lipinski definition) is 3. The molecule has 8 heteroatoms. The van der Waals surface area contributed by atoms with Gasteiger partial charge in [0.2, 0.25) is 5.91 Å². The highest BCUT2D eigenvalue weighted by atomic mass is 19.4. The van der Waals surface area contributed by atoms with E-state index in [4.69, 9.17) is 4.74 Å². The SMILES string of the molecule is COc1ccccc1C(=O)N1CCN(C(=O)Cc2ccc(C(F)(F)F)cc2)CC1. The van der Waals surface area contributed by atoms with Crippen LogP contribution >= 0.6 is 0 Å². The Kier molecular flexibility index (Phi) is 6.10. The lowest BCUT2D eigenvalue weighted by molar-refractivity contribution is -0.137. The molecule has 1 saturated heterocycles. The molecule has 0 unspecified atom stereocenters. The van der Waals surface area contributed by atoms with E-state index in [1.807, 2.05) is 0 Å². The molecule has 3 rings (SSSR count). The molecular weight excluding hydrogens is 385 g/mol. The standard InChI is InChI=1S/C21H21F3N2O3/c1-29-18-5-3-2-4-17(18)20(28)26-12-10-25(11-13-26)19(27)14-15-6-8-16(9-7-15)21(22,23)24/h2-9H,10-14H2,1H3. The molecule has 1 fully saturated rings. The van der Waals surface area contributed by atoms with Gasteiger partial charge in [0.25, 0.3) is 5.91 Å². The summed E-state index contributed by atoms with van der Waals surface area (Å²) >= 11 is 0. The lowest BCUT2D eigenvalue weighted by Gasteiger charge is -2.35. The van der Waals surface area contributed by atoms with Crippen molar-refractivity contribution in [2.24, 2.45) is 0 Å². The second kappa shape index (κ2) is 8.55.